The largest absolute Gasteiger partial charge is 0.391 e. The highest BCUT2D eigenvalue weighted by Crippen LogP contribution is 2.56. The molecule has 1 aliphatic carbocycles. The van der Waals surface area contributed by atoms with Crippen molar-refractivity contribution in [1.82, 2.24) is 20.4 Å². The van der Waals surface area contributed by atoms with Crippen LogP contribution in [0.4, 0.5) is 10.6 Å². The normalized spacial score (nSPS) is 20.5. The average Bonchev–Trinajstić information content (AvgIpc) is 3.08. The summed E-state index contributed by atoms with van der Waals surface area (Å²) in [6, 6.07) is -0.237. The third-order valence-electron chi connectivity index (χ3n) is 7.26. The third-order valence-corrected chi connectivity index (χ3v) is 10.9. The Morgan fingerprint density at radius 3 is 2.40 bits per heavy atom. The molecule has 30 heavy (non-hydrogen) atoms. The quantitative estimate of drug-likeness (QED) is 0.513. The summed E-state index contributed by atoms with van der Waals surface area (Å²) in [7, 11) is -1.69. The molecule has 9 heteroatoms. The van der Waals surface area contributed by atoms with Crippen molar-refractivity contribution < 1.29 is 14.7 Å². The van der Waals surface area contributed by atoms with E-state index in [9.17, 15) is 14.7 Å². The Hall–Kier alpha value is -1.87. The molecule has 4 N–H and O–H groups in total. The van der Waals surface area contributed by atoms with Gasteiger partial charge in [0.1, 0.15) is 0 Å². The van der Waals surface area contributed by atoms with Crippen LogP contribution >= 0.6 is 0 Å². The molecule has 0 bridgehead atoms. The maximum atomic E-state index is 13.2. The summed E-state index contributed by atoms with van der Waals surface area (Å²) in [5, 5.41) is 23.1. The van der Waals surface area contributed by atoms with Gasteiger partial charge in [-0.1, -0.05) is 39.9 Å². The number of hydrogen-bond acceptors (Lipinski definition) is 4. The van der Waals surface area contributed by atoms with Crippen LogP contribution in [0, 0.1) is 5.92 Å². The van der Waals surface area contributed by atoms with Crippen molar-refractivity contribution in [3.05, 3.63) is 11.3 Å². The van der Waals surface area contributed by atoms with E-state index in [0.29, 0.717) is 12.4 Å². The van der Waals surface area contributed by atoms with Crippen LogP contribution in [-0.4, -0.2) is 52.9 Å². The number of aliphatic hydroxyl groups is 1. The van der Waals surface area contributed by atoms with Crippen LogP contribution in [0.2, 0.25) is 24.7 Å². The molecule has 3 amide bonds. The highest BCUT2D eigenvalue weighted by Gasteiger charge is 2.54. The van der Waals surface area contributed by atoms with Crippen molar-refractivity contribution in [3.63, 3.8) is 0 Å². The highest BCUT2D eigenvalue weighted by atomic mass is 28.3. The van der Waals surface area contributed by atoms with Crippen LogP contribution in [0.15, 0.2) is 0 Å². The standard InChI is InChI=1S/C21H37N5O3Si/c1-13(2)15(27)11-22-19(29)26-12-14-16(20(26,3)4)24-25-17(14)23-18(28)21(9-8-10-21)30(5,6)7/h13,15,27H,8-12H2,1-7H3,(H,22,29)(H2,23,24,25,28). The summed E-state index contributed by atoms with van der Waals surface area (Å²) in [5.74, 6) is 0.675. The molecule has 3 rings (SSSR count). The number of amides is 3. The van der Waals surface area contributed by atoms with Crippen molar-refractivity contribution in [2.45, 2.75) is 89.8 Å². The van der Waals surface area contributed by atoms with Crippen molar-refractivity contribution in [1.29, 1.82) is 0 Å². The van der Waals surface area contributed by atoms with E-state index >= 15 is 0 Å². The Labute approximate surface area is 180 Å². The first-order valence-corrected chi connectivity index (χ1v) is 14.4. The Balaban J connectivity index is 1.75. The minimum absolute atomic E-state index is 0.0702. The van der Waals surface area contributed by atoms with E-state index in [-0.39, 0.29) is 29.4 Å². The zero-order chi connectivity index (χ0) is 22.5. The van der Waals surface area contributed by atoms with Crippen molar-refractivity contribution in [2.24, 2.45) is 5.92 Å². The lowest BCUT2D eigenvalue weighted by atomic mass is 9.83. The van der Waals surface area contributed by atoms with E-state index < -0.39 is 19.7 Å². The molecule has 8 nitrogen and oxygen atoms in total. The first kappa shape index (κ1) is 22.8. The summed E-state index contributed by atoms with van der Waals surface area (Å²) in [6.07, 6.45) is 2.40. The minimum atomic E-state index is -1.69. The molecule has 1 unspecified atom stereocenters. The molecular formula is C21H37N5O3Si. The number of aromatic amines is 1. The van der Waals surface area contributed by atoms with Crippen LogP contribution in [0.3, 0.4) is 0 Å². The number of urea groups is 1. The van der Waals surface area contributed by atoms with Gasteiger partial charge in [-0.25, -0.2) is 4.79 Å². The molecule has 1 fully saturated rings. The zero-order valence-electron chi connectivity index (χ0n) is 19.3. The fourth-order valence-corrected chi connectivity index (χ4v) is 7.14. The Morgan fingerprint density at radius 2 is 1.90 bits per heavy atom. The van der Waals surface area contributed by atoms with Gasteiger partial charge in [-0.2, -0.15) is 5.10 Å². The minimum Gasteiger partial charge on any atom is -0.391 e. The third kappa shape index (κ3) is 3.66. The molecule has 1 aromatic rings. The van der Waals surface area contributed by atoms with Gasteiger partial charge < -0.3 is 20.6 Å². The lowest BCUT2D eigenvalue weighted by Crippen LogP contribution is -2.52. The summed E-state index contributed by atoms with van der Waals surface area (Å²) in [6.45, 7) is 15.1. The molecule has 0 aromatic carbocycles. The molecule has 2 heterocycles. The Bertz CT molecular complexity index is 823. The Morgan fingerprint density at radius 1 is 1.27 bits per heavy atom. The number of H-pyrrole nitrogens is 1. The van der Waals surface area contributed by atoms with Crippen molar-refractivity contribution >= 4 is 25.8 Å². The fourth-order valence-electron chi connectivity index (χ4n) is 4.54. The van der Waals surface area contributed by atoms with E-state index in [4.69, 9.17) is 0 Å². The molecule has 1 saturated carbocycles. The lowest BCUT2D eigenvalue weighted by molar-refractivity contribution is -0.121. The second-order valence-corrected chi connectivity index (χ2v) is 16.2. The maximum Gasteiger partial charge on any atom is 0.318 e. The van der Waals surface area contributed by atoms with Crippen LogP contribution in [0.1, 0.15) is 58.2 Å². The number of hydrogen-bond donors (Lipinski definition) is 4. The highest BCUT2D eigenvalue weighted by molar-refractivity contribution is 6.83. The average molecular weight is 436 g/mol. The molecule has 2 aliphatic rings. The number of carbonyl (C=O) groups excluding carboxylic acids is 2. The van der Waals surface area contributed by atoms with Gasteiger partial charge in [0.05, 0.1) is 32.0 Å². The fraction of sp³-hybridized carbons (Fsp3) is 0.762. The van der Waals surface area contributed by atoms with Crippen LogP contribution in [0.25, 0.3) is 0 Å². The van der Waals surface area contributed by atoms with Crippen LogP contribution in [-0.2, 0) is 16.9 Å². The molecule has 1 atom stereocenters. The summed E-state index contributed by atoms with van der Waals surface area (Å²) in [4.78, 5) is 27.8. The maximum absolute atomic E-state index is 13.2. The number of rotatable bonds is 6. The molecule has 0 radical (unpaired) electrons. The molecule has 168 valence electrons. The predicted molar refractivity (Wildman–Crippen MR) is 120 cm³/mol. The van der Waals surface area contributed by atoms with Gasteiger partial charge in [-0.05, 0) is 32.6 Å². The van der Waals surface area contributed by atoms with Gasteiger partial charge in [0.25, 0.3) is 0 Å². The van der Waals surface area contributed by atoms with E-state index in [1.54, 1.807) is 4.90 Å². The number of carbonyl (C=O) groups is 2. The van der Waals surface area contributed by atoms with Gasteiger partial charge in [0, 0.05) is 17.1 Å². The van der Waals surface area contributed by atoms with Crippen LogP contribution < -0.4 is 10.6 Å². The SMILES string of the molecule is CC(C)C(O)CNC(=O)N1Cc2c(NC(=O)C3([Si](C)(C)C)CCC3)n[nH]c2C1(C)C. The number of aromatic nitrogens is 2. The lowest BCUT2D eigenvalue weighted by Gasteiger charge is -2.48. The predicted octanol–water partition coefficient (Wildman–Crippen LogP) is 3.39. The van der Waals surface area contributed by atoms with Crippen molar-refractivity contribution in [2.75, 3.05) is 11.9 Å². The number of anilines is 1. The number of nitrogens with zero attached hydrogens (tertiary/aromatic N) is 2. The number of aliphatic hydroxyl groups excluding tert-OH is 1. The summed E-state index contributed by atoms with van der Waals surface area (Å²) >= 11 is 0. The van der Waals surface area contributed by atoms with Gasteiger partial charge in [0.15, 0.2) is 5.82 Å². The smallest absolute Gasteiger partial charge is 0.318 e. The number of fused-ring (bicyclic) bond motifs is 1. The Kier molecular flexibility index (Phi) is 5.83. The monoisotopic (exact) mass is 435 g/mol. The van der Waals surface area contributed by atoms with E-state index in [0.717, 1.165) is 30.5 Å². The van der Waals surface area contributed by atoms with Crippen molar-refractivity contribution in [3.8, 4) is 0 Å². The molecule has 0 spiro atoms. The second kappa shape index (κ2) is 7.67. The van der Waals surface area contributed by atoms with Gasteiger partial charge in [0.2, 0.25) is 5.91 Å². The topological polar surface area (TPSA) is 110 Å². The second-order valence-electron chi connectivity index (χ2n) is 10.7. The summed E-state index contributed by atoms with van der Waals surface area (Å²) < 4.78 is 0. The molecule has 1 aliphatic heterocycles. The summed E-state index contributed by atoms with van der Waals surface area (Å²) in [5.41, 5.74) is 1.11. The molecular weight excluding hydrogens is 398 g/mol. The van der Waals surface area contributed by atoms with E-state index in [1.807, 2.05) is 27.7 Å². The van der Waals surface area contributed by atoms with E-state index in [1.165, 1.54) is 0 Å². The zero-order valence-corrected chi connectivity index (χ0v) is 20.3. The van der Waals surface area contributed by atoms with Gasteiger partial charge in [-0.3, -0.25) is 9.89 Å². The molecule has 0 saturated heterocycles. The van der Waals surface area contributed by atoms with Gasteiger partial charge in [-0.15, -0.1) is 0 Å². The number of nitrogens with one attached hydrogen (secondary N) is 3. The van der Waals surface area contributed by atoms with E-state index in [2.05, 4.69) is 40.5 Å². The molecule has 1 aromatic heterocycles. The first-order chi connectivity index (χ1) is 13.8. The first-order valence-electron chi connectivity index (χ1n) is 10.9. The van der Waals surface area contributed by atoms with Crippen LogP contribution in [0.5, 0.6) is 0 Å². The van der Waals surface area contributed by atoms with Gasteiger partial charge >= 0.3 is 6.03 Å².